The molecular weight excluding hydrogens is 306 g/mol. The van der Waals surface area contributed by atoms with Crippen LogP contribution >= 0.6 is 12.4 Å². The molecule has 0 aliphatic heterocycles. The summed E-state index contributed by atoms with van der Waals surface area (Å²) < 4.78 is 5.21. The second-order valence-corrected chi connectivity index (χ2v) is 4.98. The molecule has 0 aliphatic carbocycles. The van der Waals surface area contributed by atoms with Gasteiger partial charge in [-0.2, -0.15) is 4.98 Å². The van der Waals surface area contributed by atoms with Crippen molar-refractivity contribution in [1.82, 2.24) is 15.0 Å². The summed E-state index contributed by atoms with van der Waals surface area (Å²) in [6, 6.07) is 9.14. The van der Waals surface area contributed by atoms with E-state index in [2.05, 4.69) is 10.1 Å². The molecule has 1 heterocycles. The first kappa shape index (κ1) is 18.1. The quantitative estimate of drug-likeness (QED) is 0.842. The average molecular weight is 326 g/mol. The van der Waals surface area contributed by atoms with Crippen LogP contribution in [0.1, 0.15) is 19.2 Å². The van der Waals surface area contributed by atoms with E-state index in [0.29, 0.717) is 24.7 Å². The summed E-state index contributed by atoms with van der Waals surface area (Å²) in [5.74, 6) is 0.338. The van der Waals surface area contributed by atoms with Crippen molar-refractivity contribution in [2.45, 2.75) is 25.8 Å². The predicted molar refractivity (Wildman–Crippen MR) is 85.0 cm³/mol. The monoisotopic (exact) mass is 325 g/mol. The molecule has 1 aromatic heterocycles. The molecule has 22 heavy (non-hydrogen) atoms. The molecule has 1 aromatic carbocycles. The van der Waals surface area contributed by atoms with Gasteiger partial charge >= 0.3 is 5.97 Å². The molecule has 7 heteroatoms. The van der Waals surface area contributed by atoms with E-state index in [0.717, 1.165) is 12.0 Å². The summed E-state index contributed by atoms with van der Waals surface area (Å²) in [6.07, 6.45) is 1.40. The van der Waals surface area contributed by atoms with Gasteiger partial charge in [-0.15, -0.1) is 12.4 Å². The van der Waals surface area contributed by atoms with E-state index < -0.39 is 12.0 Å². The fourth-order valence-electron chi connectivity index (χ4n) is 1.92. The molecule has 6 nitrogen and oxygen atoms in total. The van der Waals surface area contributed by atoms with E-state index in [9.17, 15) is 4.79 Å². The molecule has 1 atom stereocenters. The average Bonchev–Trinajstić information content (AvgIpc) is 2.96. The topological polar surface area (TPSA) is 79.5 Å². The summed E-state index contributed by atoms with van der Waals surface area (Å²) in [7, 11) is 1.79. The third-order valence-electron chi connectivity index (χ3n) is 3.42. The zero-order valence-electron chi connectivity index (χ0n) is 12.6. The minimum Gasteiger partial charge on any atom is -0.480 e. The van der Waals surface area contributed by atoms with Crippen molar-refractivity contribution >= 4 is 18.4 Å². The van der Waals surface area contributed by atoms with E-state index in [1.807, 2.05) is 30.3 Å². The van der Waals surface area contributed by atoms with Crippen LogP contribution in [-0.2, 0) is 11.2 Å². The Hall–Kier alpha value is -1.92. The zero-order valence-corrected chi connectivity index (χ0v) is 13.4. The Morgan fingerprint density at radius 1 is 1.36 bits per heavy atom. The van der Waals surface area contributed by atoms with Gasteiger partial charge in [0.15, 0.2) is 0 Å². The Morgan fingerprint density at radius 2 is 2.05 bits per heavy atom. The second kappa shape index (κ2) is 8.51. The summed E-state index contributed by atoms with van der Waals surface area (Å²) in [4.78, 5) is 17.0. The molecule has 0 saturated carbocycles. The lowest BCUT2D eigenvalue weighted by molar-refractivity contribution is -0.142. The summed E-state index contributed by atoms with van der Waals surface area (Å²) >= 11 is 0. The first-order chi connectivity index (χ1) is 10.1. The van der Waals surface area contributed by atoms with E-state index in [1.165, 1.54) is 0 Å². The SMILES string of the molecule is CC(C(=O)O)N(C)CCCc1nc(-c2ccccc2)no1.Cl. The fourth-order valence-corrected chi connectivity index (χ4v) is 1.92. The molecule has 1 N–H and O–H groups in total. The van der Waals surface area contributed by atoms with Crippen LogP contribution in [0.5, 0.6) is 0 Å². The number of rotatable bonds is 7. The number of carbonyl (C=O) groups is 1. The van der Waals surface area contributed by atoms with Crippen molar-refractivity contribution < 1.29 is 14.4 Å². The van der Waals surface area contributed by atoms with Crippen LogP contribution < -0.4 is 0 Å². The normalized spacial score (nSPS) is 12.0. The number of hydrogen-bond donors (Lipinski definition) is 1. The van der Waals surface area contributed by atoms with Crippen LogP contribution in [0.3, 0.4) is 0 Å². The van der Waals surface area contributed by atoms with Gasteiger partial charge in [-0.1, -0.05) is 35.5 Å². The number of carboxylic acid groups (broad SMARTS) is 1. The molecule has 120 valence electrons. The van der Waals surface area contributed by atoms with Crippen LogP contribution in [0, 0.1) is 0 Å². The van der Waals surface area contributed by atoms with Gasteiger partial charge < -0.3 is 9.63 Å². The third-order valence-corrected chi connectivity index (χ3v) is 3.42. The maximum absolute atomic E-state index is 10.9. The van der Waals surface area contributed by atoms with Gasteiger partial charge in [0.25, 0.3) is 0 Å². The van der Waals surface area contributed by atoms with Crippen LogP contribution in [-0.4, -0.2) is 45.8 Å². The largest absolute Gasteiger partial charge is 0.480 e. The van der Waals surface area contributed by atoms with E-state index in [-0.39, 0.29) is 12.4 Å². The molecule has 0 aliphatic rings. The molecule has 2 rings (SSSR count). The van der Waals surface area contributed by atoms with Crippen molar-refractivity contribution in [2.75, 3.05) is 13.6 Å². The van der Waals surface area contributed by atoms with Crippen molar-refractivity contribution in [3.8, 4) is 11.4 Å². The number of halogens is 1. The Morgan fingerprint density at radius 3 is 2.68 bits per heavy atom. The number of carboxylic acids is 1. The lowest BCUT2D eigenvalue weighted by Gasteiger charge is -2.20. The molecule has 2 aromatic rings. The Balaban J connectivity index is 0.00000242. The number of hydrogen-bond acceptors (Lipinski definition) is 5. The highest BCUT2D eigenvalue weighted by Gasteiger charge is 2.16. The van der Waals surface area contributed by atoms with Crippen molar-refractivity contribution in [2.24, 2.45) is 0 Å². The molecule has 0 amide bonds. The van der Waals surface area contributed by atoms with E-state index >= 15 is 0 Å². The van der Waals surface area contributed by atoms with E-state index in [1.54, 1.807) is 18.9 Å². The highest BCUT2D eigenvalue weighted by molar-refractivity contribution is 5.85. The fraction of sp³-hybridized carbons (Fsp3) is 0.400. The maximum Gasteiger partial charge on any atom is 0.320 e. The number of likely N-dealkylation sites (N-methyl/N-ethyl adjacent to an activating group) is 1. The van der Waals surface area contributed by atoms with Gasteiger partial charge in [-0.3, -0.25) is 9.69 Å². The Labute approximate surface area is 135 Å². The molecular formula is C15H20ClN3O3. The smallest absolute Gasteiger partial charge is 0.320 e. The molecule has 0 fully saturated rings. The lowest BCUT2D eigenvalue weighted by atomic mass is 10.2. The second-order valence-electron chi connectivity index (χ2n) is 4.98. The Kier molecular flexibility index (Phi) is 7.01. The standard InChI is InChI=1S/C15H19N3O3.ClH/c1-11(15(19)20)18(2)10-6-9-13-16-14(17-21-13)12-7-4-3-5-8-12;/h3-5,7-8,11H,6,9-10H2,1-2H3,(H,19,20);1H. The van der Waals surface area contributed by atoms with Gasteiger partial charge in [-0.25, -0.2) is 0 Å². The minimum atomic E-state index is -0.818. The molecule has 0 saturated heterocycles. The van der Waals surface area contributed by atoms with Crippen LogP contribution in [0.25, 0.3) is 11.4 Å². The number of aromatic nitrogens is 2. The number of aliphatic carboxylic acids is 1. The van der Waals surface area contributed by atoms with Gasteiger partial charge in [0.1, 0.15) is 6.04 Å². The molecule has 0 bridgehead atoms. The van der Waals surface area contributed by atoms with Crippen molar-refractivity contribution in [3.05, 3.63) is 36.2 Å². The molecule has 1 unspecified atom stereocenters. The predicted octanol–water partition coefficient (Wildman–Crippen LogP) is 2.50. The van der Waals surface area contributed by atoms with Crippen molar-refractivity contribution in [3.63, 3.8) is 0 Å². The van der Waals surface area contributed by atoms with Gasteiger partial charge in [0, 0.05) is 12.0 Å². The number of nitrogens with zero attached hydrogens (tertiary/aromatic N) is 3. The highest BCUT2D eigenvalue weighted by atomic mass is 35.5. The number of aryl methyl sites for hydroxylation is 1. The van der Waals surface area contributed by atoms with Crippen LogP contribution in [0.2, 0.25) is 0 Å². The Bertz CT molecular complexity index is 589. The molecule has 0 radical (unpaired) electrons. The van der Waals surface area contributed by atoms with Crippen LogP contribution in [0.15, 0.2) is 34.9 Å². The first-order valence-electron chi connectivity index (χ1n) is 6.89. The summed E-state index contributed by atoms with van der Waals surface area (Å²) in [6.45, 7) is 2.33. The van der Waals surface area contributed by atoms with Gasteiger partial charge in [0.05, 0.1) is 0 Å². The highest BCUT2D eigenvalue weighted by Crippen LogP contribution is 2.15. The van der Waals surface area contributed by atoms with Crippen LogP contribution in [0.4, 0.5) is 0 Å². The third kappa shape index (κ3) is 4.82. The number of benzene rings is 1. The van der Waals surface area contributed by atoms with Gasteiger partial charge in [0.2, 0.25) is 11.7 Å². The van der Waals surface area contributed by atoms with Crippen molar-refractivity contribution in [1.29, 1.82) is 0 Å². The molecule has 0 spiro atoms. The maximum atomic E-state index is 10.9. The van der Waals surface area contributed by atoms with Gasteiger partial charge in [-0.05, 0) is 26.9 Å². The van der Waals surface area contributed by atoms with E-state index in [4.69, 9.17) is 9.63 Å². The summed E-state index contributed by atoms with van der Waals surface area (Å²) in [5, 5.41) is 12.9. The first-order valence-corrected chi connectivity index (χ1v) is 6.89. The zero-order chi connectivity index (χ0) is 15.2. The minimum absolute atomic E-state index is 0. The summed E-state index contributed by atoms with van der Waals surface area (Å²) in [5.41, 5.74) is 0.920. The lowest BCUT2D eigenvalue weighted by Crippen LogP contribution is -2.36.